The summed E-state index contributed by atoms with van der Waals surface area (Å²) in [7, 11) is 3.66. The first-order valence-electron chi connectivity index (χ1n) is 7.73. The maximum atomic E-state index is 13.0. The van der Waals surface area contributed by atoms with E-state index in [2.05, 4.69) is 5.32 Å². The molecular formula is C18H16ClN3O3S. The minimum absolute atomic E-state index is 0.0101. The summed E-state index contributed by atoms with van der Waals surface area (Å²) in [5.74, 6) is -0.105. The average Bonchev–Trinajstić information content (AvgIpc) is 3.04. The van der Waals surface area contributed by atoms with Crippen LogP contribution in [0.2, 0.25) is 5.02 Å². The van der Waals surface area contributed by atoms with Crippen molar-refractivity contribution in [1.29, 1.82) is 0 Å². The van der Waals surface area contributed by atoms with Gasteiger partial charge < -0.3 is 9.32 Å². The number of anilines is 2. The molecule has 2 heterocycles. The predicted octanol–water partition coefficient (Wildman–Crippen LogP) is 3.14. The summed E-state index contributed by atoms with van der Waals surface area (Å²) in [5, 5.41) is 3.05. The first kappa shape index (κ1) is 18.2. The van der Waals surface area contributed by atoms with E-state index in [0.717, 1.165) is 0 Å². The number of carbonyl (C=O) groups is 2. The van der Waals surface area contributed by atoms with Crippen LogP contribution in [0.3, 0.4) is 0 Å². The van der Waals surface area contributed by atoms with Gasteiger partial charge in [0, 0.05) is 25.2 Å². The molecular weight excluding hydrogens is 374 g/mol. The summed E-state index contributed by atoms with van der Waals surface area (Å²) in [6, 6.07) is 8.60. The van der Waals surface area contributed by atoms with Gasteiger partial charge in [-0.1, -0.05) is 17.7 Å². The smallest absolute Gasteiger partial charge is 0.270 e. The number of carbonyl (C=O) groups excluding carboxylic acids is 2. The Morgan fingerprint density at radius 1 is 1.23 bits per heavy atom. The Hall–Kier alpha value is -2.64. The number of amides is 2. The number of benzene rings is 1. The van der Waals surface area contributed by atoms with Crippen LogP contribution in [0.1, 0.15) is 11.3 Å². The molecule has 6 nitrogen and oxygen atoms in total. The fraction of sp³-hybridized carbons (Fsp3) is 0.167. The van der Waals surface area contributed by atoms with E-state index < -0.39 is 11.8 Å². The van der Waals surface area contributed by atoms with Gasteiger partial charge in [-0.15, -0.1) is 0 Å². The summed E-state index contributed by atoms with van der Waals surface area (Å²) in [6.07, 6.45) is 1.40. The van der Waals surface area contributed by atoms with Gasteiger partial charge in [-0.05, 0) is 49.0 Å². The minimum Gasteiger partial charge on any atom is -0.441 e. The highest BCUT2D eigenvalue weighted by atomic mass is 35.5. The molecule has 2 aromatic rings. The van der Waals surface area contributed by atoms with Crippen molar-refractivity contribution in [3.05, 3.63) is 52.3 Å². The van der Waals surface area contributed by atoms with Gasteiger partial charge in [0.15, 0.2) is 11.0 Å². The second-order valence-corrected chi connectivity index (χ2v) is 6.71. The zero-order chi connectivity index (χ0) is 19.0. The molecule has 3 rings (SSSR count). The molecule has 0 aliphatic carbocycles. The lowest BCUT2D eigenvalue weighted by molar-refractivity contribution is -0.122. The fourth-order valence-electron chi connectivity index (χ4n) is 2.52. The van der Waals surface area contributed by atoms with E-state index in [1.807, 2.05) is 14.1 Å². The first-order chi connectivity index (χ1) is 12.3. The topological polar surface area (TPSA) is 65.8 Å². The molecule has 1 aromatic carbocycles. The number of hydrogen-bond acceptors (Lipinski definition) is 5. The quantitative estimate of drug-likeness (QED) is 0.496. The van der Waals surface area contributed by atoms with Gasteiger partial charge in [0.05, 0.1) is 5.69 Å². The van der Waals surface area contributed by atoms with Gasteiger partial charge in [-0.3, -0.25) is 19.8 Å². The van der Waals surface area contributed by atoms with E-state index in [4.69, 9.17) is 28.2 Å². The van der Waals surface area contributed by atoms with E-state index >= 15 is 0 Å². The number of thiocarbonyl (C=S) groups is 1. The van der Waals surface area contributed by atoms with E-state index in [1.54, 1.807) is 42.2 Å². The van der Waals surface area contributed by atoms with Gasteiger partial charge in [0.25, 0.3) is 11.8 Å². The average molecular weight is 390 g/mol. The van der Waals surface area contributed by atoms with Crippen molar-refractivity contribution < 1.29 is 14.0 Å². The van der Waals surface area contributed by atoms with Crippen molar-refractivity contribution in [3.63, 3.8) is 0 Å². The minimum atomic E-state index is -0.571. The zero-order valence-corrected chi connectivity index (χ0v) is 15.9. The molecule has 8 heteroatoms. The molecule has 1 aliphatic heterocycles. The molecule has 0 radical (unpaired) electrons. The summed E-state index contributed by atoms with van der Waals surface area (Å²) >= 11 is 11.3. The second kappa shape index (κ2) is 6.93. The molecule has 0 bridgehead atoms. The molecule has 1 N–H and O–H groups in total. The Labute approximate surface area is 161 Å². The second-order valence-electron chi connectivity index (χ2n) is 5.91. The Bertz CT molecular complexity index is 949. The van der Waals surface area contributed by atoms with Gasteiger partial charge in [-0.25, -0.2) is 0 Å². The highest BCUT2D eigenvalue weighted by Crippen LogP contribution is 2.30. The molecule has 0 atom stereocenters. The summed E-state index contributed by atoms with van der Waals surface area (Å²) < 4.78 is 5.60. The molecule has 1 fully saturated rings. The number of furan rings is 1. The van der Waals surface area contributed by atoms with Gasteiger partial charge in [0.1, 0.15) is 11.3 Å². The van der Waals surface area contributed by atoms with Gasteiger partial charge in [0.2, 0.25) is 0 Å². The van der Waals surface area contributed by atoms with Crippen LogP contribution in [0, 0.1) is 6.92 Å². The maximum Gasteiger partial charge on any atom is 0.270 e. The van der Waals surface area contributed by atoms with Crippen LogP contribution >= 0.6 is 23.8 Å². The van der Waals surface area contributed by atoms with E-state index in [-0.39, 0.29) is 10.7 Å². The normalized spacial score (nSPS) is 16.2. The molecule has 2 amide bonds. The summed E-state index contributed by atoms with van der Waals surface area (Å²) in [4.78, 5) is 28.3. The van der Waals surface area contributed by atoms with Gasteiger partial charge in [-0.2, -0.15) is 0 Å². The molecule has 26 heavy (non-hydrogen) atoms. The fourth-order valence-corrected chi connectivity index (χ4v) is 2.96. The number of nitrogens with zero attached hydrogens (tertiary/aromatic N) is 2. The molecule has 1 aromatic heterocycles. The number of rotatable bonds is 3. The molecule has 0 unspecified atom stereocenters. The standard InChI is InChI=1S/C18H16ClN3O3S/c1-10-13(19)5-4-6-14(10)22-17(24)12(16(23)20-18(22)26)9-11-7-8-15(25-11)21(2)3/h4-9H,1-3H3,(H,20,23,26)/b12-9-. The predicted molar refractivity (Wildman–Crippen MR) is 105 cm³/mol. The highest BCUT2D eigenvalue weighted by Gasteiger charge is 2.35. The van der Waals surface area contributed by atoms with Crippen LogP contribution in [0.4, 0.5) is 11.6 Å². The summed E-state index contributed by atoms with van der Waals surface area (Å²) in [6.45, 7) is 1.78. The zero-order valence-electron chi connectivity index (χ0n) is 14.4. The lowest BCUT2D eigenvalue weighted by atomic mass is 10.1. The molecule has 0 saturated carbocycles. The third kappa shape index (κ3) is 3.23. The van der Waals surface area contributed by atoms with Crippen molar-refractivity contribution in [2.45, 2.75) is 6.92 Å². The van der Waals surface area contributed by atoms with E-state index in [9.17, 15) is 9.59 Å². The van der Waals surface area contributed by atoms with Crippen LogP contribution in [0.25, 0.3) is 6.08 Å². The molecule has 0 spiro atoms. The summed E-state index contributed by atoms with van der Waals surface area (Å²) in [5.41, 5.74) is 1.14. The van der Waals surface area contributed by atoms with Crippen molar-refractivity contribution in [2.75, 3.05) is 23.9 Å². The molecule has 134 valence electrons. The van der Waals surface area contributed by atoms with Crippen LogP contribution in [0.15, 0.2) is 40.3 Å². The van der Waals surface area contributed by atoms with Crippen LogP contribution < -0.4 is 15.1 Å². The Morgan fingerprint density at radius 2 is 1.96 bits per heavy atom. The molecule has 1 aliphatic rings. The third-order valence-electron chi connectivity index (χ3n) is 3.92. The lowest BCUT2D eigenvalue weighted by Crippen LogP contribution is -2.54. The lowest BCUT2D eigenvalue weighted by Gasteiger charge is -2.30. The highest BCUT2D eigenvalue weighted by molar-refractivity contribution is 7.80. The van der Waals surface area contributed by atoms with E-state index in [1.165, 1.54) is 11.0 Å². The first-order valence-corrected chi connectivity index (χ1v) is 8.52. The van der Waals surface area contributed by atoms with Crippen LogP contribution in [-0.4, -0.2) is 31.0 Å². The maximum absolute atomic E-state index is 13.0. The van der Waals surface area contributed by atoms with Gasteiger partial charge >= 0.3 is 0 Å². The Kier molecular flexibility index (Phi) is 4.84. The number of halogens is 1. The largest absolute Gasteiger partial charge is 0.441 e. The number of hydrogen-bond donors (Lipinski definition) is 1. The SMILES string of the molecule is Cc1c(Cl)cccc1N1C(=O)/C(=C\c2ccc(N(C)C)o2)C(=O)NC1=S. The van der Waals surface area contributed by atoms with Crippen molar-refractivity contribution in [3.8, 4) is 0 Å². The van der Waals surface area contributed by atoms with Crippen molar-refractivity contribution >= 4 is 58.4 Å². The van der Waals surface area contributed by atoms with Crippen molar-refractivity contribution in [1.82, 2.24) is 5.32 Å². The van der Waals surface area contributed by atoms with Crippen LogP contribution in [0.5, 0.6) is 0 Å². The monoisotopic (exact) mass is 389 g/mol. The van der Waals surface area contributed by atoms with Crippen molar-refractivity contribution in [2.24, 2.45) is 0 Å². The Balaban J connectivity index is 2.02. The molecule has 1 saturated heterocycles. The van der Waals surface area contributed by atoms with Crippen LogP contribution in [-0.2, 0) is 9.59 Å². The number of nitrogens with one attached hydrogen (secondary N) is 1. The Morgan fingerprint density at radius 3 is 2.62 bits per heavy atom. The van der Waals surface area contributed by atoms with E-state index in [0.29, 0.717) is 27.9 Å². The third-order valence-corrected chi connectivity index (χ3v) is 4.62.